The molecule has 1 amide bonds. The van der Waals surface area contributed by atoms with Crippen molar-refractivity contribution in [3.63, 3.8) is 0 Å². The number of carbonyl (C=O) groups is 1. The minimum atomic E-state index is -3.56. The van der Waals surface area contributed by atoms with E-state index in [1.165, 1.54) is 0 Å². The van der Waals surface area contributed by atoms with Crippen LogP contribution in [0.4, 0.5) is 11.4 Å². The van der Waals surface area contributed by atoms with E-state index in [0.717, 1.165) is 11.3 Å². The van der Waals surface area contributed by atoms with Gasteiger partial charge in [0.1, 0.15) is 0 Å². The lowest BCUT2D eigenvalue weighted by molar-refractivity contribution is -0.118. The molecule has 0 aliphatic rings. The Balaban J connectivity index is 1.83. The molecule has 3 aromatic carbocycles. The van der Waals surface area contributed by atoms with Crippen LogP contribution in [0, 0.1) is 0 Å². The molecule has 0 saturated carbocycles. The van der Waals surface area contributed by atoms with Crippen LogP contribution in [0.3, 0.4) is 0 Å². The maximum atomic E-state index is 13.5. The number of aromatic nitrogens is 1. The zero-order valence-electron chi connectivity index (χ0n) is 23.4. The molecule has 2 N–H and O–H groups in total. The fourth-order valence-corrected chi connectivity index (χ4v) is 5.96. The van der Waals surface area contributed by atoms with Crippen LogP contribution >= 0.6 is 7.60 Å². The Bertz CT molecular complexity index is 1540. The number of hydrogen-bond donors (Lipinski definition) is 2. The zero-order chi connectivity index (χ0) is 28.9. The molecular formula is C30H35N4O5P. The largest absolute Gasteiger partial charge is 0.494 e. The number of nitrogens with one attached hydrogen (secondary N) is 1. The van der Waals surface area contributed by atoms with Gasteiger partial charge >= 0.3 is 7.60 Å². The van der Waals surface area contributed by atoms with Gasteiger partial charge in [0, 0.05) is 29.2 Å². The maximum absolute atomic E-state index is 13.5. The molecule has 1 heterocycles. The van der Waals surface area contributed by atoms with Gasteiger partial charge in [-0.25, -0.2) is 4.99 Å². The Morgan fingerprint density at radius 3 is 2.20 bits per heavy atom. The van der Waals surface area contributed by atoms with Gasteiger partial charge in [-0.15, -0.1) is 0 Å². The number of amides is 1. The number of aromatic amines is 1. The van der Waals surface area contributed by atoms with E-state index in [0.29, 0.717) is 39.7 Å². The lowest BCUT2D eigenvalue weighted by atomic mass is 10.0. The highest BCUT2D eigenvalue weighted by Crippen LogP contribution is 2.47. The minimum absolute atomic E-state index is 0.0258. The van der Waals surface area contributed by atoms with Gasteiger partial charge in [0.2, 0.25) is 5.91 Å². The Morgan fingerprint density at radius 2 is 1.60 bits per heavy atom. The predicted molar refractivity (Wildman–Crippen MR) is 161 cm³/mol. The second-order valence-corrected chi connectivity index (χ2v) is 11.5. The average Bonchev–Trinajstić information content (AvgIpc) is 3.26. The number of rotatable bonds is 11. The minimum Gasteiger partial charge on any atom is -0.494 e. The van der Waals surface area contributed by atoms with Crippen molar-refractivity contribution in [2.45, 2.75) is 13.8 Å². The van der Waals surface area contributed by atoms with Crippen LogP contribution in [0.2, 0.25) is 0 Å². The quantitative estimate of drug-likeness (QED) is 0.186. The van der Waals surface area contributed by atoms with Gasteiger partial charge in [0.05, 0.1) is 42.0 Å². The second-order valence-electron chi connectivity index (χ2n) is 9.44. The maximum Gasteiger partial charge on any atom is 0.361 e. The van der Waals surface area contributed by atoms with Gasteiger partial charge in [0.25, 0.3) is 0 Å². The Morgan fingerprint density at radius 1 is 0.950 bits per heavy atom. The van der Waals surface area contributed by atoms with Gasteiger partial charge in [-0.3, -0.25) is 9.36 Å². The topological polar surface area (TPSA) is 107 Å². The first-order valence-corrected chi connectivity index (χ1v) is 14.6. The number of anilines is 1. The van der Waals surface area contributed by atoms with E-state index in [9.17, 15) is 14.5 Å². The monoisotopic (exact) mass is 562 g/mol. The first kappa shape index (κ1) is 29.2. The third-order valence-corrected chi connectivity index (χ3v) is 8.37. The summed E-state index contributed by atoms with van der Waals surface area (Å²) in [5.41, 5.74) is 3.79. The fourth-order valence-electron chi connectivity index (χ4n) is 4.36. The molecule has 0 unspecified atom stereocenters. The number of fused-ring (bicyclic) bond motifs is 1. The van der Waals surface area contributed by atoms with Crippen molar-refractivity contribution >= 4 is 46.8 Å². The van der Waals surface area contributed by atoms with E-state index in [2.05, 4.69) is 4.98 Å². The molecular weight excluding hydrogens is 527 g/mol. The van der Waals surface area contributed by atoms with Crippen molar-refractivity contribution in [3.8, 4) is 5.88 Å². The number of hydrogen-bond acceptors (Lipinski definition) is 7. The van der Waals surface area contributed by atoms with Crippen LogP contribution in [0.1, 0.15) is 25.0 Å². The molecule has 0 fully saturated rings. The molecule has 4 rings (SSSR count). The van der Waals surface area contributed by atoms with Crippen molar-refractivity contribution in [3.05, 3.63) is 83.9 Å². The number of likely N-dealkylation sites (N-methyl/N-ethyl adjacent to an activating group) is 2. The fraction of sp³-hybridized carbons (Fsp3) is 0.267. The highest BCUT2D eigenvalue weighted by Gasteiger charge is 2.28. The summed E-state index contributed by atoms with van der Waals surface area (Å²) in [4.78, 5) is 23.9. The summed E-state index contributed by atoms with van der Waals surface area (Å²) in [5.74, 6) is -0.0924. The SMILES string of the molecule is CCOP(=O)(OCC)c1ccc2[nH]c(O)c(C(=Nc3ccc(N(C)C(=O)CN(C)C)cc3)c3ccccc3)c2c1. The molecule has 4 aromatic rings. The molecule has 0 aliphatic heterocycles. The first-order valence-electron chi connectivity index (χ1n) is 13.1. The molecule has 0 radical (unpaired) electrons. The Kier molecular flexibility index (Phi) is 9.22. The normalized spacial score (nSPS) is 12.3. The van der Waals surface area contributed by atoms with Crippen molar-refractivity contribution in [1.82, 2.24) is 9.88 Å². The lowest BCUT2D eigenvalue weighted by Crippen LogP contribution is -2.34. The highest BCUT2D eigenvalue weighted by molar-refractivity contribution is 7.62. The van der Waals surface area contributed by atoms with Crippen LogP contribution in [-0.2, 0) is 18.4 Å². The molecule has 10 heteroatoms. The number of aromatic hydroxyl groups is 1. The van der Waals surface area contributed by atoms with Crippen LogP contribution in [-0.4, -0.2) is 67.5 Å². The van der Waals surface area contributed by atoms with Crippen molar-refractivity contribution in [2.75, 3.05) is 45.8 Å². The average molecular weight is 563 g/mol. The number of H-pyrrole nitrogens is 1. The molecule has 0 bridgehead atoms. The zero-order valence-corrected chi connectivity index (χ0v) is 24.3. The van der Waals surface area contributed by atoms with Gasteiger partial charge in [-0.1, -0.05) is 30.3 Å². The summed E-state index contributed by atoms with van der Waals surface area (Å²) >= 11 is 0. The van der Waals surface area contributed by atoms with E-state index < -0.39 is 7.60 Å². The number of carbonyl (C=O) groups excluding carboxylic acids is 1. The van der Waals surface area contributed by atoms with Gasteiger partial charge in [-0.05, 0) is 70.4 Å². The summed E-state index contributed by atoms with van der Waals surface area (Å²) < 4.78 is 24.6. The van der Waals surface area contributed by atoms with E-state index in [4.69, 9.17) is 14.0 Å². The van der Waals surface area contributed by atoms with E-state index in [1.54, 1.807) is 44.0 Å². The van der Waals surface area contributed by atoms with E-state index >= 15 is 0 Å². The van der Waals surface area contributed by atoms with Gasteiger partial charge in [0.15, 0.2) is 5.88 Å². The van der Waals surface area contributed by atoms with E-state index in [-0.39, 0.29) is 25.0 Å². The second kappa shape index (κ2) is 12.6. The lowest BCUT2D eigenvalue weighted by Gasteiger charge is -2.19. The number of benzene rings is 3. The Hall–Kier alpha value is -3.75. The van der Waals surface area contributed by atoms with Crippen LogP contribution in [0.5, 0.6) is 5.88 Å². The first-order chi connectivity index (χ1) is 19.2. The summed E-state index contributed by atoms with van der Waals surface area (Å²) in [6.45, 7) is 4.28. The van der Waals surface area contributed by atoms with Gasteiger partial charge < -0.3 is 28.9 Å². The van der Waals surface area contributed by atoms with Crippen molar-refractivity contribution in [1.29, 1.82) is 0 Å². The summed E-state index contributed by atoms with van der Waals surface area (Å²) in [6.07, 6.45) is 0. The van der Waals surface area contributed by atoms with Crippen molar-refractivity contribution in [2.24, 2.45) is 4.99 Å². The smallest absolute Gasteiger partial charge is 0.361 e. The molecule has 9 nitrogen and oxygen atoms in total. The molecule has 0 aliphatic carbocycles. The molecule has 0 atom stereocenters. The molecule has 0 spiro atoms. The third-order valence-electron chi connectivity index (χ3n) is 6.26. The third kappa shape index (κ3) is 6.35. The number of nitrogens with zero attached hydrogens (tertiary/aromatic N) is 3. The number of aliphatic imine (C=N–C) groups is 1. The predicted octanol–water partition coefficient (Wildman–Crippen LogP) is 5.46. The van der Waals surface area contributed by atoms with E-state index in [1.807, 2.05) is 73.6 Å². The molecule has 40 heavy (non-hydrogen) atoms. The summed E-state index contributed by atoms with van der Waals surface area (Å²) in [7, 11) is 1.88. The van der Waals surface area contributed by atoms with Crippen LogP contribution in [0.15, 0.2) is 77.8 Å². The van der Waals surface area contributed by atoms with Crippen LogP contribution < -0.4 is 10.2 Å². The molecule has 0 saturated heterocycles. The van der Waals surface area contributed by atoms with Gasteiger partial charge in [-0.2, -0.15) is 0 Å². The molecule has 1 aromatic heterocycles. The standard InChI is InChI=1S/C30H35N4O5P/c1-6-38-40(37,39-7-2)24-17-18-26-25(19-24)28(30(36)32-26)29(21-11-9-8-10-12-21)31-22-13-15-23(16-14-22)34(5)27(35)20-33(3)4/h8-19,32,36H,6-7,20H2,1-5H3. The summed E-state index contributed by atoms with van der Waals surface area (Å²) in [5, 5.41) is 12.1. The van der Waals surface area contributed by atoms with Crippen molar-refractivity contribution < 1.29 is 23.5 Å². The summed E-state index contributed by atoms with van der Waals surface area (Å²) in [6, 6.07) is 22.0. The highest BCUT2D eigenvalue weighted by atomic mass is 31.2. The van der Waals surface area contributed by atoms with Crippen LogP contribution in [0.25, 0.3) is 10.9 Å². The Labute approximate surface area is 234 Å². The molecule has 210 valence electrons.